The van der Waals surface area contributed by atoms with Crippen LogP contribution in [-0.4, -0.2) is 41.0 Å². The molecule has 5 nitrogen and oxygen atoms in total. The van der Waals surface area contributed by atoms with Crippen molar-refractivity contribution < 1.29 is 14.7 Å². The molecule has 1 saturated carbocycles. The summed E-state index contributed by atoms with van der Waals surface area (Å²) in [4.78, 5) is 23.9. The summed E-state index contributed by atoms with van der Waals surface area (Å²) in [7, 11) is 0. The van der Waals surface area contributed by atoms with Crippen LogP contribution in [0.2, 0.25) is 0 Å². The van der Waals surface area contributed by atoms with Crippen molar-refractivity contribution in [2.75, 3.05) is 13.1 Å². The topological polar surface area (TPSA) is 83.6 Å². The molecule has 84 valence electrons. The molecule has 1 saturated heterocycles. The molecule has 1 amide bonds. The lowest BCUT2D eigenvalue weighted by Gasteiger charge is -2.40. The monoisotopic (exact) mass is 212 g/mol. The van der Waals surface area contributed by atoms with Crippen molar-refractivity contribution in [3.05, 3.63) is 0 Å². The van der Waals surface area contributed by atoms with E-state index in [9.17, 15) is 9.59 Å². The van der Waals surface area contributed by atoms with Crippen LogP contribution in [0.25, 0.3) is 0 Å². The van der Waals surface area contributed by atoms with Gasteiger partial charge in [0, 0.05) is 12.6 Å². The van der Waals surface area contributed by atoms with Crippen LogP contribution in [0, 0.1) is 11.8 Å². The summed E-state index contributed by atoms with van der Waals surface area (Å²) in [6.45, 7) is 1.45. The van der Waals surface area contributed by atoms with E-state index in [2.05, 4.69) is 4.90 Å². The van der Waals surface area contributed by atoms with E-state index in [4.69, 9.17) is 10.8 Å². The average Bonchev–Trinajstić information content (AvgIpc) is 2.49. The molecule has 0 bridgehead atoms. The molecule has 0 aromatic rings. The largest absolute Gasteiger partial charge is 0.481 e. The van der Waals surface area contributed by atoms with Crippen molar-refractivity contribution in [1.29, 1.82) is 0 Å². The molecule has 3 N–H and O–H groups in total. The Kier molecular flexibility index (Phi) is 2.65. The van der Waals surface area contributed by atoms with Gasteiger partial charge in [0.25, 0.3) is 0 Å². The van der Waals surface area contributed by atoms with Crippen LogP contribution >= 0.6 is 0 Å². The first kappa shape index (κ1) is 10.4. The van der Waals surface area contributed by atoms with Crippen molar-refractivity contribution in [1.82, 2.24) is 4.90 Å². The lowest BCUT2D eigenvalue weighted by Crippen LogP contribution is -2.49. The Morgan fingerprint density at radius 1 is 1.27 bits per heavy atom. The third-order valence-corrected chi connectivity index (χ3v) is 3.65. The van der Waals surface area contributed by atoms with Crippen molar-refractivity contribution in [3.63, 3.8) is 0 Å². The van der Waals surface area contributed by atoms with Crippen LogP contribution in [-0.2, 0) is 9.59 Å². The van der Waals surface area contributed by atoms with Crippen LogP contribution in [0.3, 0.4) is 0 Å². The third-order valence-electron chi connectivity index (χ3n) is 3.65. The van der Waals surface area contributed by atoms with Gasteiger partial charge >= 0.3 is 5.97 Å². The standard InChI is InChI=1S/C10H16N2O3/c11-9(13)6-3-4-12(5-6)8-2-1-7(8)10(14)15/h6-8H,1-5H2,(H2,11,13)(H,14,15). The van der Waals surface area contributed by atoms with E-state index in [0.29, 0.717) is 6.54 Å². The fraction of sp³-hybridized carbons (Fsp3) is 0.800. The zero-order chi connectivity index (χ0) is 11.0. The Balaban J connectivity index is 1.91. The fourth-order valence-electron chi connectivity index (χ4n) is 2.53. The second-order valence-corrected chi connectivity index (χ2v) is 4.47. The molecule has 0 radical (unpaired) electrons. The van der Waals surface area contributed by atoms with Crippen molar-refractivity contribution >= 4 is 11.9 Å². The van der Waals surface area contributed by atoms with Crippen molar-refractivity contribution in [2.45, 2.75) is 25.3 Å². The zero-order valence-corrected chi connectivity index (χ0v) is 8.56. The fourth-order valence-corrected chi connectivity index (χ4v) is 2.53. The van der Waals surface area contributed by atoms with Crippen LogP contribution in [0.5, 0.6) is 0 Å². The van der Waals surface area contributed by atoms with Gasteiger partial charge in [-0.15, -0.1) is 0 Å². The molecular formula is C10H16N2O3. The maximum Gasteiger partial charge on any atom is 0.308 e. The maximum absolute atomic E-state index is 11.0. The van der Waals surface area contributed by atoms with Gasteiger partial charge in [-0.2, -0.15) is 0 Å². The highest BCUT2D eigenvalue weighted by atomic mass is 16.4. The molecule has 0 aromatic carbocycles. The molecule has 2 fully saturated rings. The summed E-state index contributed by atoms with van der Waals surface area (Å²) in [5.74, 6) is -1.30. The molecule has 1 aliphatic carbocycles. The molecule has 1 heterocycles. The Hall–Kier alpha value is -1.10. The Morgan fingerprint density at radius 2 is 2.00 bits per heavy atom. The van der Waals surface area contributed by atoms with Gasteiger partial charge in [-0.05, 0) is 25.8 Å². The number of hydrogen-bond donors (Lipinski definition) is 2. The van der Waals surface area contributed by atoms with Crippen LogP contribution in [0.1, 0.15) is 19.3 Å². The van der Waals surface area contributed by atoms with Gasteiger partial charge in [0.1, 0.15) is 0 Å². The number of rotatable bonds is 3. The molecule has 0 aromatic heterocycles. The average molecular weight is 212 g/mol. The van der Waals surface area contributed by atoms with Gasteiger partial charge in [0.15, 0.2) is 0 Å². The summed E-state index contributed by atoms with van der Waals surface area (Å²) in [6.07, 6.45) is 2.47. The highest BCUT2D eigenvalue weighted by Crippen LogP contribution is 2.35. The first-order chi connectivity index (χ1) is 7.09. The Bertz CT molecular complexity index is 292. The second-order valence-electron chi connectivity index (χ2n) is 4.47. The van der Waals surface area contributed by atoms with Gasteiger partial charge in [0.2, 0.25) is 5.91 Å². The van der Waals surface area contributed by atoms with E-state index in [1.165, 1.54) is 0 Å². The van der Waals surface area contributed by atoms with E-state index in [1.807, 2.05) is 0 Å². The second kappa shape index (κ2) is 3.81. The maximum atomic E-state index is 11.0. The minimum absolute atomic E-state index is 0.0833. The SMILES string of the molecule is NC(=O)C1CCN(C2CCC2C(=O)O)C1. The summed E-state index contributed by atoms with van der Waals surface area (Å²) in [6, 6.07) is 0.131. The quantitative estimate of drug-likeness (QED) is 0.670. The number of nitrogens with two attached hydrogens (primary N) is 1. The lowest BCUT2D eigenvalue weighted by atomic mass is 9.78. The highest BCUT2D eigenvalue weighted by Gasteiger charge is 2.43. The molecule has 0 spiro atoms. The predicted molar refractivity (Wildman–Crippen MR) is 53.0 cm³/mol. The van der Waals surface area contributed by atoms with Gasteiger partial charge in [-0.3, -0.25) is 14.5 Å². The number of carboxylic acid groups (broad SMARTS) is 1. The summed E-state index contributed by atoms with van der Waals surface area (Å²) >= 11 is 0. The van der Waals surface area contributed by atoms with Gasteiger partial charge in [-0.1, -0.05) is 0 Å². The van der Waals surface area contributed by atoms with E-state index in [-0.39, 0.29) is 23.8 Å². The summed E-state index contributed by atoms with van der Waals surface area (Å²) < 4.78 is 0. The molecule has 3 unspecified atom stereocenters. The number of amides is 1. The summed E-state index contributed by atoms with van der Waals surface area (Å²) in [5.41, 5.74) is 5.23. The molecule has 3 atom stereocenters. The third kappa shape index (κ3) is 1.84. The first-order valence-electron chi connectivity index (χ1n) is 5.35. The minimum Gasteiger partial charge on any atom is -0.481 e. The van der Waals surface area contributed by atoms with Gasteiger partial charge < -0.3 is 10.8 Å². The van der Waals surface area contributed by atoms with E-state index < -0.39 is 5.97 Å². The molecule has 15 heavy (non-hydrogen) atoms. The molecule has 2 aliphatic rings. The predicted octanol–water partition coefficient (Wildman–Crippen LogP) is -0.343. The zero-order valence-electron chi connectivity index (χ0n) is 8.56. The number of nitrogens with zero attached hydrogens (tertiary/aromatic N) is 1. The summed E-state index contributed by atoms with van der Waals surface area (Å²) in [5, 5.41) is 8.92. The first-order valence-corrected chi connectivity index (χ1v) is 5.35. The molecule has 5 heteroatoms. The minimum atomic E-state index is -0.714. The van der Waals surface area contributed by atoms with E-state index in [0.717, 1.165) is 25.8 Å². The van der Waals surface area contributed by atoms with Crippen molar-refractivity contribution in [2.24, 2.45) is 17.6 Å². The number of carbonyl (C=O) groups is 2. The van der Waals surface area contributed by atoms with Gasteiger partial charge in [0.05, 0.1) is 11.8 Å². The molecule has 2 rings (SSSR count). The van der Waals surface area contributed by atoms with Crippen molar-refractivity contribution in [3.8, 4) is 0 Å². The molecular weight excluding hydrogens is 196 g/mol. The Morgan fingerprint density at radius 3 is 2.40 bits per heavy atom. The molecule has 1 aliphatic heterocycles. The Labute approximate surface area is 88.2 Å². The van der Waals surface area contributed by atoms with E-state index in [1.54, 1.807) is 0 Å². The lowest BCUT2D eigenvalue weighted by molar-refractivity contribution is -0.148. The number of primary amides is 1. The van der Waals surface area contributed by atoms with Crippen LogP contribution in [0.15, 0.2) is 0 Å². The van der Waals surface area contributed by atoms with Gasteiger partial charge in [-0.25, -0.2) is 0 Å². The highest BCUT2D eigenvalue weighted by molar-refractivity contribution is 5.77. The number of aliphatic carboxylic acids is 1. The number of carbonyl (C=O) groups excluding carboxylic acids is 1. The number of carboxylic acids is 1. The van der Waals surface area contributed by atoms with Crippen LogP contribution < -0.4 is 5.73 Å². The smallest absolute Gasteiger partial charge is 0.308 e. The number of hydrogen-bond acceptors (Lipinski definition) is 3. The number of likely N-dealkylation sites (tertiary alicyclic amines) is 1. The van der Waals surface area contributed by atoms with Crippen LogP contribution in [0.4, 0.5) is 0 Å². The van der Waals surface area contributed by atoms with E-state index >= 15 is 0 Å². The normalized spacial score (nSPS) is 36.1.